The summed E-state index contributed by atoms with van der Waals surface area (Å²) in [5.41, 5.74) is 0.649. The first kappa shape index (κ1) is 19.6. The van der Waals surface area contributed by atoms with Gasteiger partial charge in [0.2, 0.25) is 0 Å². The minimum absolute atomic E-state index is 0.186. The number of nitrogens with zero attached hydrogens (tertiary/aromatic N) is 2. The maximum Gasteiger partial charge on any atom is 0.146 e. The molecule has 2 aromatic carbocycles. The number of benzene rings is 2. The Labute approximate surface area is 169 Å². The minimum Gasteiger partial charge on any atom is -0.490 e. The highest BCUT2D eigenvalue weighted by Crippen LogP contribution is 2.28. The zero-order valence-corrected chi connectivity index (χ0v) is 17.4. The zero-order chi connectivity index (χ0) is 18.5. The number of aliphatic hydroxyl groups is 1. The van der Waals surface area contributed by atoms with Crippen molar-refractivity contribution in [3.63, 3.8) is 0 Å². The monoisotopic (exact) mass is 486 g/mol. The molecule has 0 bridgehead atoms. The number of aliphatic hydroxyl groups excluding tert-OH is 1. The second-order valence-electron chi connectivity index (χ2n) is 6.28. The molecule has 0 radical (unpaired) electrons. The predicted octanol–water partition coefficient (Wildman–Crippen LogP) is 3.91. The molecule has 0 spiro atoms. The molecule has 7 heteroatoms. The van der Waals surface area contributed by atoms with Crippen LogP contribution in [-0.2, 0) is 0 Å². The molecule has 1 aliphatic rings. The molecule has 26 heavy (non-hydrogen) atoms. The molecule has 1 heterocycles. The molecule has 0 saturated carbocycles. The van der Waals surface area contributed by atoms with Crippen molar-refractivity contribution in [1.29, 1.82) is 0 Å². The van der Waals surface area contributed by atoms with E-state index in [9.17, 15) is 9.50 Å². The van der Waals surface area contributed by atoms with E-state index in [4.69, 9.17) is 4.74 Å². The average molecular weight is 488 g/mol. The van der Waals surface area contributed by atoms with Gasteiger partial charge in [0.15, 0.2) is 0 Å². The van der Waals surface area contributed by atoms with Crippen LogP contribution >= 0.6 is 31.9 Å². The summed E-state index contributed by atoms with van der Waals surface area (Å²) in [7, 11) is 0. The molecule has 4 nitrogen and oxygen atoms in total. The van der Waals surface area contributed by atoms with Gasteiger partial charge < -0.3 is 14.7 Å². The van der Waals surface area contributed by atoms with Gasteiger partial charge in [-0.1, -0.05) is 28.1 Å². The molecule has 3 rings (SSSR count). The third-order valence-corrected chi connectivity index (χ3v) is 5.47. The number of anilines is 1. The summed E-state index contributed by atoms with van der Waals surface area (Å²) in [4.78, 5) is 4.23. The van der Waals surface area contributed by atoms with E-state index < -0.39 is 6.10 Å². The minimum atomic E-state index is -0.578. The summed E-state index contributed by atoms with van der Waals surface area (Å²) in [5, 5.41) is 10.3. The van der Waals surface area contributed by atoms with Gasteiger partial charge in [-0.05, 0) is 46.3 Å². The Bertz CT molecular complexity index is 739. The second-order valence-corrected chi connectivity index (χ2v) is 8.05. The predicted molar refractivity (Wildman–Crippen MR) is 108 cm³/mol. The fourth-order valence-electron chi connectivity index (χ4n) is 3.01. The third-order valence-electron chi connectivity index (χ3n) is 4.36. The van der Waals surface area contributed by atoms with Crippen LogP contribution in [0.1, 0.15) is 0 Å². The van der Waals surface area contributed by atoms with Crippen molar-refractivity contribution in [1.82, 2.24) is 4.90 Å². The van der Waals surface area contributed by atoms with Gasteiger partial charge in [0.05, 0.1) is 10.2 Å². The van der Waals surface area contributed by atoms with Gasteiger partial charge in [0.25, 0.3) is 0 Å². The molecule has 0 amide bonds. The first-order valence-corrected chi connectivity index (χ1v) is 10.1. The highest BCUT2D eigenvalue weighted by atomic mass is 79.9. The normalized spacial score (nSPS) is 16.5. The number of hydrogen-bond acceptors (Lipinski definition) is 4. The van der Waals surface area contributed by atoms with Crippen LogP contribution in [0.4, 0.5) is 10.1 Å². The maximum atomic E-state index is 13.9. The van der Waals surface area contributed by atoms with Gasteiger partial charge in [0, 0.05) is 37.2 Å². The summed E-state index contributed by atoms with van der Waals surface area (Å²) in [6, 6.07) is 12.5. The number of halogens is 3. The lowest BCUT2D eigenvalue weighted by Crippen LogP contribution is -2.49. The molecule has 1 atom stereocenters. The van der Waals surface area contributed by atoms with Gasteiger partial charge >= 0.3 is 0 Å². The van der Waals surface area contributed by atoms with Crippen LogP contribution in [0.2, 0.25) is 0 Å². The zero-order valence-electron chi connectivity index (χ0n) is 14.2. The molecule has 1 saturated heterocycles. The van der Waals surface area contributed by atoms with E-state index in [1.807, 2.05) is 35.2 Å². The Morgan fingerprint density at radius 1 is 1.08 bits per heavy atom. The molecule has 0 aliphatic carbocycles. The summed E-state index contributed by atoms with van der Waals surface area (Å²) in [6.45, 7) is 3.83. The fourth-order valence-corrected chi connectivity index (χ4v) is 4.17. The first-order chi connectivity index (χ1) is 12.5. The molecule has 1 N–H and O–H groups in total. The van der Waals surface area contributed by atoms with Crippen LogP contribution in [0.25, 0.3) is 0 Å². The molecular weight excluding hydrogens is 467 g/mol. The molecule has 0 aromatic heterocycles. The van der Waals surface area contributed by atoms with Gasteiger partial charge in [-0.2, -0.15) is 0 Å². The van der Waals surface area contributed by atoms with Crippen molar-refractivity contribution in [2.24, 2.45) is 0 Å². The van der Waals surface area contributed by atoms with Gasteiger partial charge in [-0.25, -0.2) is 4.39 Å². The topological polar surface area (TPSA) is 35.9 Å². The van der Waals surface area contributed by atoms with Crippen molar-refractivity contribution in [2.75, 3.05) is 44.2 Å². The van der Waals surface area contributed by atoms with E-state index in [0.717, 1.165) is 35.1 Å². The Balaban J connectivity index is 1.44. The number of β-amino-alcohol motifs (C(OH)–C–C–N with tert-alkyl or cyclic N) is 1. The Kier molecular flexibility index (Phi) is 6.92. The number of piperazine rings is 1. The number of rotatable bonds is 6. The van der Waals surface area contributed by atoms with Crippen LogP contribution in [-0.4, -0.2) is 55.4 Å². The Morgan fingerprint density at radius 2 is 1.81 bits per heavy atom. The summed E-state index contributed by atoms with van der Waals surface area (Å²) in [6.07, 6.45) is -0.578. The van der Waals surface area contributed by atoms with Crippen molar-refractivity contribution < 1.29 is 14.2 Å². The highest BCUT2D eigenvalue weighted by Gasteiger charge is 2.21. The van der Waals surface area contributed by atoms with Crippen molar-refractivity contribution >= 4 is 37.5 Å². The van der Waals surface area contributed by atoms with Crippen molar-refractivity contribution in [3.05, 3.63) is 57.2 Å². The molecule has 1 fully saturated rings. The van der Waals surface area contributed by atoms with E-state index in [1.54, 1.807) is 6.07 Å². The maximum absolute atomic E-state index is 13.9. The third kappa shape index (κ3) is 5.19. The van der Waals surface area contributed by atoms with Crippen LogP contribution in [0.15, 0.2) is 51.4 Å². The lowest BCUT2D eigenvalue weighted by Gasteiger charge is -2.36. The van der Waals surface area contributed by atoms with Crippen molar-refractivity contribution in [3.8, 4) is 5.75 Å². The summed E-state index contributed by atoms with van der Waals surface area (Å²) < 4.78 is 21.4. The lowest BCUT2D eigenvalue weighted by molar-refractivity contribution is 0.0660. The van der Waals surface area contributed by atoms with Gasteiger partial charge in [0.1, 0.15) is 24.3 Å². The van der Waals surface area contributed by atoms with Gasteiger partial charge in [-0.3, -0.25) is 4.90 Å². The average Bonchev–Trinajstić information content (AvgIpc) is 2.62. The van der Waals surface area contributed by atoms with Crippen molar-refractivity contribution in [2.45, 2.75) is 6.10 Å². The SMILES string of the molecule is O[C@H](COc1ccc(Br)cc1Br)CN1CCN(c2ccccc2F)CC1. The summed E-state index contributed by atoms with van der Waals surface area (Å²) in [5.74, 6) is 0.520. The fraction of sp³-hybridized carbons (Fsp3) is 0.368. The smallest absolute Gasteiger partial charge is 0.146 e. The molecular formula is C19H21Br2FN2O2. The van der Waals surface area contributed by atoms with E-state index >= 15 is 0 Å². The van der Waals surface area contributed by atoms with Crippen LogP contribution < -0.4 is 9.64 Å². The number of para-hydroxylation sites is 1. The molecule has 1 aliphatic heterocycles. The largest absolute Gasteiger partial charge is 0.490 e. The van der Waals surface area contributed by atoms with Crippen LogP contribution in [0.3, 0.4) is 0 Å². The Hall–Kier alpha value is -1.15. The second kappa shape index (κ2) is 9.17. The standard InChI is InChI=1S/C19H21Br2FN2O2/c20-14-5-6-19(16(21)11-14)26-13-15(25)12-23-7-9-24(10-8-23)18-4-2-1-3-17(18)22/h1-6,11,15,25H,7-10,12-13H2/t15-/m0/s1. The molecule has 0 unspecified atom stereocenters. The van der Waals surface area contributed by atoms with Gasteiger partial charge in [-0.15, -0.1) is 0 Å². The van der Waals surface area contributed by atoms with E-state index in [0.29, 0.717) is 18.0 Å². The number of ether oxygens (including phenoxy) is 1. The van der Waals surface area contributed by atoms with E-state index in [1.165, 1.54) is 6.07 Å². The number of hydrogen-bond donors (Lipinski definition) is 1. The Morgan fingerprint density at radius 3 is 2.50 bits per heavy atom. The highest BCUT2D eigenvalue weighted by molar-refractivity contribution is 9.11. The molecule has 2 aromatic rings. The van der Waals surface area contributed by atoms with Crippen LogP contribution in [0.5, 0.6) is 5.75 Å². The van der Waals surface area contributed by atoms with E-state index in [2.05, 4.69) is 36.8 Å². The quantitative estimate of drug-likeness (QED) is 0.670. The lowest BCUT2D eigenvalue weighted by atomic mass is 10.2. The van der Waals surface area contributed by atoms with Crippen LogP contribution in [0, 0.1) is 5.82 Å². The molecule has 140 valence electrons. The van der Waals surface area contributed by atoms with E-state index in [-0.39, 0.29) is 12.4 Å². The first-order valence-electron chi connectivity index (χ1n) is 8.50. The summed E-state index contributed by atoms with van der Waals surface area (Å²) >= 11 is 6.85.